The van der Waals surface area contributed by atoms with E-state index in [1.807, 2.05) is 48.2 Å². The Morgan fingerprint density at radius 2 is 1.83 bits per heavy atom. The molecular formula is C27H30Cl2N4O2S. The number of piperazine rings is 1. The zero-order valence-electron chi connectivity index (χ0n) is 20.2. The van der Waals surface area contributed by atoms with Crippen LogP contribution in [0.5, 0.6) is 5.75 Å². The normalized spacial score (nSPS) is 15.9. The zero-order valence-corrected chi connectivity index (χ0v) is 22.5. The van der Waals surface area contributed by atoms with Crippen molar-refractivity contribution in [2.45, 2.75) is 29.2 Å². The molecule has 5 rings (SSSR count). The number of rotatable bonds is 7. The van der Waals surface area contributed by atoms with Crippen LogP contribution >= 0.6 is 23.4 Å². The van der Waals surface area contributed by atoms with E-state index >= 15 is 0 Å². The van der Waals surface area contributed by atoms with E-state index in [1.165, 1.54) is 15.5 Å². The number of hydrogen-bond donors (Lipinski definition) is 1. The monoisotopic (exact) mass is 544 g/mol. The van der Waals surface area contributed by atoms with Crippen LogP contribution in [0.3, 0.4) is 0 Å². The molecule has 2 aromatic carbocycles. The number of carbonyl (C=O) groups excluding carboxylic acids is 1. The van der Waals surface area contributed by atoms with Crippen molar-refractivity contribution in [1.82, 2.24) is 9.88 Å². The topological polar surface area (TPSA) is 50.1 Å². The van der Waals surface area contributed by atoms with Crippen LogP contribution in [0.2, 0.25) is 5.02 Å². The number of ether oxygens (including phenoxy) is 1. The van der Waals surface area contributed by atoms with Gasteiger partial charge in [0, 0.05) is 24.1 Å². The molecule has 1 N–H and O–H groups in total. The molecule has 2 aliphatic rings. The molecule has 0 saturated carbocycles. The van der Waals surface area contributed by atoms with Gasteiger partial charge in [-0.05, 0) is 37.3 Å². The molecule has 1 unspecified atom stereocenters. The van der Waals surface area contributed by atoms with Crippen LogP contribution in [0.4, 0.5) is 11.5 Å². The van der Waals surface area contributed by atoms with E-state index in [1.54, 1.807) is 18.0 Å². The highest BCUT2D eigenvalue weighted by atomic mass is 35.5. The van der Waals surface area contributed by atoms with E-state index in [4.69, 9.17) is 16.3 Å². The Labute approximate surface area is 228 Å². The summed E-state index contributed by atoms with van der Waals surface area (Å²) in [5, 5.41) is 0.663. The molecule has 0 bridgehead atoms. The lowest BCUT2D eigenvalue weighted by molar-refractivity contribution is -0.904. The minimum absolute atomic E-state index is 0. The highest BCUT2D eigenvalue weighted by Gasteiger charge is 2.29. The molecule has 0 spiro atoms. The van der Waals surface area contributed by atoms with Crippen molar-refractivity contribution in [1.29, 1.82) is 0 Å². The summed E-state index contributed by atoms with van der Waals surface area (Å²) in [6.07, 6.45) is 2.29. The molecule has 9 heteroatoms. The first kappa shape index (κ1) is 26.6. The highest BCUT2D eigenvalue weighted by Crippen LogP contribution is 2.47. The van der Waals surface area contributed by atoms with Gasteiger partial charge in [-0.15, -0.1) is 0 Å². The summed E-state index contributed by atoms with van der Waals surface area (Å²) in [5.74, 6) is 1.78. The third-order valence-electron chi connectivity index (χ3n) is 6.53. The van der Waals surface area contributed by atoms with Crippen molar-refractivity contribution < 1.29 is 26.8 Å². The molecule has 1 atom stereocenters. The van der Waals surface area contributed by atoms with Crippen molar-refractivity contribution in [3.63, 3.8) is 0 Å². The summed E-state index contributed by atoms with van der Waals surface area (Å²) in [5.41, 5.74) is 1.21. The predicted octanol–water partition coefficient (Wildman–Crippen LogP) is 0.926. The Bertz CT molecular complexity index is 1180. The summed E-state index contributed by atoms with van der Waals surface area (Å²) in [6.45, 7) is 7.25. The maximum absolute atomic E-state index is 12.9. The fourth-order valence-corrected chi connectivity index (χ4v) is 6.04. The average Bonchev–Trinajstić information content (AvgIpc) is 2.88. The van der Waals surface area contributed by atoms with Gasteiger partial charge < -0.3 is 31.8 Å². The van der Waals surface area contributed by atoms with Crippen LogP contribution < -0.4 is 26.9 Å². The summed E-state index contributed by atoms with van der Waals surface area (Å²) in [4.78, 5) is 25.6. The van der Waals surface area contributed by atoms with Gasteiger partial charge in [-0.25, -0.2) is 4.98 Å². The number of benzene rings is 2. The van der Waals surface area contributed by atoms with Gasteiger partial charge in [0.15, 0.2) is 6.10 Å². The SMILES string of the molecule is CC(Oc1ccccc1)C(=O)N1CC[NH+](CCCN2c3ccccc3Sc3cc(Cl)cnc32)CC1.[Cl-]. The van der Waals surface area contributed by atoms with Crippen molar-refractivity contribution in [3.8, 4) is 5.75 Å². The van der Waals surface area contributed by atoms with Crippen LogP contribution in [0.1, 0.15) is 13.3 Å². The largest absolute Gasteiger partial charge is 1.00 e. The molecule has 3 aromatic rings. The maximum Gasteiger partial charge on any atom is 0.263 e. The number of fused-ring (bicyclic) bond motifs is 2. The molecule has 190 valence electrons. The molecular weight excluding hydrogens is 515 g/mol. The molecule has 1 amide bonds. The number of nitrogens with zero attached hydrogens (tertiary/aromatic N) is 3. The fraction of sp³-hybridized carbons (Fsp3) is 0.333. The Morgan fingerprint density at radius 1 is 1.11 bits per heavy atom. The molecule has 3 heterocycles. The standard InChI is InChI=1S/C27H29ClN4O2S.ClH/c1-20(34-22-8-3-2-4-9-22)27(33)31-16-14-30(15-17-31)12-7-13-32-23-10-5-6-11-24(23)35-25-18-21(28)19-29-26(25)32;/h2-6,8-11,18-20H,7,12-17H2,1H3;1H. The molecule has 2 aliphatic heterocycles. The van der Waals surface area contributed by atoms with Gasteiger partial charge in [0.25, 0.3) is 5.91 Å². The second kappa shape index (κ2) is 12.2. The van der Waals surface area contributed by atoms with E-state index in [2.05, 4.69) is 34.1 Å². The quantitative estimate of drug-likeness (QED) is 0.479. The number of halogens is 2. The second-order valence-electron chi connectivity index (χ2n) is 8.95. The van der Waals surface area contributed by atoms with Gasteiger partial charge in [0.05, 0.1) is 48.3 Å². The number of quaternary nitrogens is 1. The number of anilines is 2. The van der Waals surface area contributed by atoms with Crippen LogP contribution in [0, 0.1) is 0 Å². The van der Waals surface area contributed by atoms with Gasteiger partial charge >= 0.3 is 0 Å². The molecule has 1 fully saturated rings. The number of para-hydroxylation sites is 2. The van der Waals surface area contributed by atoms with Gasteiger partial charge in [-0.2, -0.15) is 0 Å². The average molecular weight is 546 g/mol. The summed E-state index contributed by atoms with van der Waals surface area (Å²) < 4.78 is 5.83. The molecule has 6 nitrogen and oxygen atoms in total. The Kier molecular flexibility index (Phi) is 9.01. The number of amides is 1. The van der Waals surface area contributed by atoms with Crippen LogP contribution in [0.15, 0.2) is 76.7 Å². The lowest BCUT2D eigenvalue weighted by Gasteiger charge is -2.35. The van der Waals surface area contributed by atoms with Gasteiger partial charge in [0.1, 0.15) is 11.6 Å². The van der Waals surface area contributed by atoms with Crippen LogP contribution in [-0.4, -0.2) is 61.2 Å². The van der Waals surface area contributed by atoms with Crippen LogP contribution in [-0.2, 0) is 4.79 Å². The van der Waals surface area contributed by atoms with Gasteiger partial charge in [-0.3, -0.25) is 4.79 Å². The molecule has 36 heavy (non-hydrogen) atoms. The molecule has 0 radical (unpaired) electrons. The summed E-state index contributed by atoms with van der Waals surface area (Å²) >= 11 is 7.94. The minimum Gasteiger partial charge on any atom is -1.00 e. The second-order valence-corrected chi connectivity index (χ2v) is 10.5. The number of carbonyl (C=O) groups is 1. The van der Waals surface area contributed by atoms with Crippen molar-refractivity contribution in [3.05, 3.63) is 71.9 Å². The molecule has 1 aromatic heterocycles. The van der Waals surface area contributed by atoms with Crippen LogP contribution in [0.25, 0.3) is 0 Å². The first-order valence-corrected chi connectivity index (χ1v) is 13.3. The summed E-state index contributed by atoms with van der Waals surface area (Å²) in [7, 11) is 0. The minimum atomic E-state index is -0.475. The molecule has 1 saturated heterocycles. The van der Waals surface area contributed by atoms with Crippen molar-refractivity contribution in [2.24, 2.45) is 0 Å². The van der Waals surface area contributed by atoms with E-state index in [-0.39, 0.29) is 18.3 Å². The fourth-order valence-electron chi connectivity index (χ4n) is 4.71. The molecule has 0 aliphatic carbocycles. The first-order valence-electron chi connectivity index (χ1n) is 12.1. The zero-order chi connectivity index (χ0) is 24.2. The lowest BCUT2D eigenvalue weighted by atomic mass is 10.2. The Balaban J connectivity index is 0.00000304. The van der Waals surface area contributed by atoms with E-state index in [0.717, 1.165) is 62.2 Å². The number of hydrogen-bond acceptors (Lipinski definition) is 5. The maximum atomic E-state index is 12.9. The lowest BCUT2D eigenvalue weighted by Crippen LogP contribution is -3.15. The van der Waals surface area contributed by atoms with Crippen molar-refractivity contribution >= 4 is 40.8 Å². The Hall–Kier alpha value is -2.45. The summed E-state index contributed by atoms with van der Waals surface area (Å²) in [6, 6.07) is 20.0. The number of pyridine rings is 1. The number of nitrogens with one attached hydrogen (secondary N) is 1. The predicted molar refractivity (Wildman–Crippen MR) is 140 cm³/mol. The first-order chi connectivity index (χ1) is 17.1. The Morgan fingerprint density at radius 3 is 2.61 bits per heavy atom. The smallest absolute Gasteiger partial charge is 0.263 e. The van der Waals surface area contributed by atoms with Crippen molar-refractivity contribution in [2.75, 3.05) is 44.2 Å². The third-order valence-corrected chi connectivity index (χ3v) is 7.82. The third kappa shape index (κ3) is 6.09. The van der Waals surface area contributed by atoms with E-state index in [9.17, 15) is 4.79 Å². The van der Waals surface area contributed by atoms with E-state index in [0.29, 0.717) is 5.02 Å². The van der Waals surface area contributed by atoms with E-state index < -0.39 is 6.10 Å². The highest BCUT2D eigenvalue weighted by molar-refractivity contribution is 7.99. The number of aromatic nitrogens is 1. The van der Waals surface area contributed by atoms with Gasteiger partial charge in [-0.1, -0.05) is 53.7 Å². The van der Waals surface area contributed by atoms with Gasteiger partial charge in [0.2, 0.25) is 0 Å².